The zero-order valence-corrected chi connectivity index (χ0v) is 18.3. The smallest absolute Gasteiger partial charge is 0.251 e. The summed E-state index contributed by atoms with van der Waals surface area (Å²) in [7, 11) is 0. The number of para-hydroxylation sites is 2. The minimum absolute atomic E-state index is 0.0304. The number of imidazole rings is 1. The van der Waals surface area contributed by atoms with Gasteiger partial charge in [-0.05, 0) is 37.6 Å². The lowest BCUT2D eigenvalue weighted by Gasteiger charge is -2.40. The van der Waals surface area contributed by atoms with Gasteiger partial charge in [0.05, 0.1) is 24.2 Å². The number of benzene rings is 2. The Kier molecular flexibility index (Phi) is 6.41. The molecule has 1 aliphatic heterocycles. The number of nitrogens with one attached hydrogen (secondary N) is 2. The van der Waals surface area contributed by atoms with Crippen molar-refractivity contribution in [1.82, 2.24) is 20.2 Å². The van der Waals surface area contributed by atoms with Gasteiger partial charge in [0.2, 0.25) is 0 Å². The van der Waals surface area contributed by atoms with Gasteiger partial charge in [0.25, 0.3) is 5.91 Å². The summed E-state index contributed by atoms with van der Waals surface area (Å²) < 4.78 is 5.45. The van der Waals surface area contributed by atoms with Gasteiger partial charge in [-0.2, -0.15) is 0 Å². The third kappa shape index (κ3) is 4.86. The molecule has 0 saturated carbocycles. The first-order valence-electron chi connectivity index (χ1n) is 10.3. The molecular weight excluding hydrogens is 396 g/mol. The van der Waals surface area contributed by atoms with E-state index in [1.54, 1.807) is 11.8 Å². The summed E-state index contributed by atoms with van der Waals surface area (Å²) in [6.07, 6.45) is 0. The molecule has 1 saturated heterocycles. The van der Waals surface area contributed by atoms with Crippen LogP contribution in [-0.4, -0.2) is 59.2 Å². The number of aromatic nitrogens is 2. The molecule has 2 N–H and O–H groups in total. The lowest BCUT2D eigenvalue weighted by atomic mass is 10.0. The molecule has 0 atom stereocenters. The van der Waals surface area contributed by atoms with Crippen LogP contribution in [0.1, 0.15) is 29.8 Å². The number of morpholine rings is 1. The van der Waals surface area contributed by atoms with Crippen LogP contribution in [0.2, 0.25) is 0 Å². The van der Waals surface area contributed by atoms with E-state index in [1.807, 2.05) is 48.5 Å². The van der Waals surface area contributed by atoms with Crippen LogP contribution in [0.15, 0.2) is 53.7 Å². The molecule has 1 amide bonds. The molecule has 0 radical (unpaired) electrons. The van der Waals surface area contributed by atoms with Gasteiger partial charge in [-0.15, -0.1) is 0 Å². The molecule has 2 heterocycles. The van der Waals surface area contributed by atoms with Crippen LogP contribution in [0.4, 0.5) is 0 Å². The number of ether oxygens (including phenoxy) is 1. The average Bonchev–Trinajstić information content (AvgIpc) is 3.20. The Balaban J connectivity index is 1.40. The number of rotatable bonds is 7. The minimum Gasteiger partial charge on any atom is -0.379 e. The van der Waals surface area contributed by atoms with Crippen LogP contribution in [0, 0.1) is 0 Å². The maximum absolute atomic E-state index is 13.0. The Labute approximate surface area is 181 Å². The zero-order valence-electron chi connectivity index (χ0n) is 17.5. The van der Waals surface area contributed by atoms with Crippen LogP contribution in [0.25, 0.3) is 11.0 Å². The monoisotopic (exact) mass is 424 g/mol. The van der Waals surface area contributed by atoms with Crippen molar-refractivity contribution in [2.24, 2.45) is 0 Å². The Morgan fingerprint density at radius 2 is 1.90 bits per heavy atom. The van der Waals surface area contributed by atoms with Crippen molar-refractivity contribution in [3.63, 3.8) is 0 Å². The maximum atomic E-state index is 13.0. The number of carbonyl (C=O) groups is 1. The highest BCUT2D eigenvalue weighted by atomic mass is 32.2. The van der Waals surface area contributed by atoms with E-state index in [2.05, 4.69) is 34.0 Å². The molecule has 0 unspecified atom stereocenters. The Hall–Kier alpha value is -2.35. The highest BCUT2D eigenvalue weighted by molar-refractivity contribution is 7.98. The molecule has 1 aromatic heterocycles. The number of thioether (sulfide) groups is 1. The maximum Gasteiger partial charge on any atom is 0.251 e. The highest BCUT2D eigenvalue weighted by Crippen LogP contribution is 2.25. The summed E-state index contributed by atoms with van der Waals surface area (Å²) >= 11 is 1.61. The number of hydrogen-bond acceptors (Lipinski definition) is 5. The number of aromatic amines is 1. The standard InChI is InChI=1S/C23H28N4O2S/c1-23(2,27-11-13-29-14-12-27)16-24-21(28)18-8-4-3-7-17(18)15-30-22-25-19-9-5-6-10-20(19)26-22/h3-10H,11-16H2,1-2H3,(H,24,28)(H,25,26). The molecule has 0 spiro atoms. The van der Waals surface area contributed by atoms with Crippen molar-refractivity contribution in [3.05, 3.63) is 59.7 Å². The first-order valence-corrected chi connectivity index (χ1v) is 11.3. The molecule has 6 nitrogen and oxygen atoms in total. The van der Waals surface area contributed by atoms with Gasteiger partial charge in [0, 0.05) is 36.5 Å². The topological polar surface area (TPSA) is 70.2 Å². The number of carbonyl (C=O) groups excluding carboxylic acids is 1. The molecular formula is C23H28N4O2S. The second kappa shape index (κ2) is 9.20. The van der Waals surface area contributed by atoms with Crippen LogP contribution >= 0.6 is 11.8 Å². The fourth-order valence-electron chi connectivity index (χ4n) is 3.68. The third-order valence-electron chi connectivity index (χ3n) is 5.54. The molecule has 3 aromatic rings. The normalized spacial score (nSPS) is 15.4. The third-order valence-corrected chi connectivity index (χ3v) is 6.46. The number of hydrogen-bond donors (Lipinski definition) is 2. The fraction of sp³-hybridized carbons (Fsp3) is 0.391. The summed E-state index contributed by atoms with van der Waals surface area (Å²) in [6.45, 7) is 8.22. The molecule has 4 rings (SSSR count). The van der Waals surface area contributed by atoms with E-state index >= 15 is 0 Å². The van der Waals surface area contributed by atoms with Crippen LogP contribution < -0.4 is 5.32 Å². The van der Waals surface area contributed by atoms with E-state index in [9.17, 15) is 4.79 Å². The molecule has 1 aliphatic rings. The second-order valence-electron chi connectivity index (χ2n) is 8.10. The SMILES string of the molecule is CC(C)(CNC(=O)c1ccccc1CSc1nc2ccccc2[nH]1)N1CCOCC1. The number of H-pyrrole nitrogens is 1. The molecule has 1 fully saturated rings. The predicted octanol–water partition coefficient (Wildman–Crippen LogP) is 3.70. The van der Waals surface area contributed by atoms with Crippen LogP contribution in [0.5, 0.6) is 0 Å². The van der Waals surface area contributed by atoms with E-state index in [1.165, 1.54) is 0 Å². The van der Waals surface area contributed by atoms with Gasteiger partial charge in [0.15, 0.2) is 5.16 Å². The van der Waals surface area contributed by atoms with Gasteiger partial charge < -0.3 is 15.0 Å². The molecule has 7 heteroatoms. The van der Waals surface area contributed by atoms with E-state index in [-0.39, 0.29) is 11.4 Å². The quantitative estimate of drug-likeness (QED) is 0.566. The largest absolute Gasteiger partial charge is 0.379 e. The predicted molar refractivity (Wildman–Crippen MR) is 121 cm³/mol. The number of nitrogens with zero attached hydrogens (tertiary/aromatic N) is 2. The van der Waals surface area contributed by atoms with E-state index < -0.39 is 0 Å². The highest BCUT2D eigenvalue weighted by Gasteiger charge is 2.28. The average molecular weight is 425 g/mol. The van der Waals surface area contributed by atoms with E-state index in [0.717, 1.165) is 53.6 Å². The van der Waals surface area contributed by atoms with Crippen molar-refractivity contribution in [2.75, 3.05) is 32.8 Å². The molecule has 0 aliphatic carbocycles. The summed E-state index contributed by atoms with van der Waals surface area (Å²) in [6, 6.07) is 15.8. The fourth-order valence-corrected chi connectivity index (χ4v) is 4.57. The molecule has 158 valence electrons. The van der Waals surface area contributed by atoms with Gasteiger partial charge >= 0.3 is 0 Å². The van der Waals surface area contributed by atoms with Crippen molar-refractivity contribution in [1.29, 1.82) is 0 Å². The van der Waals surface area contributed by atoms with Gasteiger partial charge in [-0.1, -0.05) is 42.1 Å². The molecule has 0 bridgehead atoms. The van der Waals surface area contributed by atoms with E-state index in [0.29, 0.717) is 12.3 Å². The number of amides is 1. The van der Waals surface area contributed by atoms with Gasteiger partial charge in [-0.25, -0.2) is 4.98 Å². The van der Waals surface area contributed by atoms with Crippen LogP contribution in [0.3, 0.4) is 0 Å². The summed E-state index contributed by atoms with van der Waals surface area (Å²) in [4.78, 5) is 23.3. The lowest BCUT2D eigenvalue weighted by Crippen LogP contribution is -2.55. The van der Waals surface area contributed by atoms with Gasteiger partial charge in [-0.3, -0.25) is 9.69 Å². The molecule has 30 heavy (non-hydrogen) atoms. The Morgan fingerprint density at radius 3 is 2.70 bits per heavy atom. The Morgan fingerprint density at radius 1 is 1.17 bits per heavy atom. The minimum atomic E-state index is -0.114. The van der Waals surface area contributed by atoms with Crippen molar-refractivity contribution >= 4 is 28.7 Å². The van der Waals surface area contributed by atoms with Crippen molar-refractivity contribution < 1.29 is 9.53 Å². The first kappa shape index (κ1) is 20.9. The lowest BCUT2D eigenvalue weighted by molar-refractivity contribution is -0.00923. The van der Waals surface area contributed by atoms with Crippen LogP contribution in [-0.2, 0) is 10.5 Å². The zero-order chi connectivity index (χ0) is 21.0. The summed E-state index contributed by atoms with van der Waals surface area (Å²) in [5.41, 5.74) is 3.59. The van der Waals surface area contributed by atoms with Gasteiger partial charge in [0.1, 0.15) is 0 Å². The first-order chi connectivity index (χ1) is 14.5. The number of fused-ring (bicyclic) bond motifs is 1. The van der Waals surface area contributed by atoms with Crippen molar-refractivity contribution in [2.45, 2.75) is 30.3 Å². The second-order valence-corrected chi connectivity index (χ2v) is 9.06. The molecule has 2 aromatic carbocycles. The summed E-state index contributed by atoms with van der Waals surface area (Å²) in [5, 5.41) is 4.00. The van der Waals surface area contributed by atoms with Crippen molar-refractivity contribution in [3.8, 4) is 0 Å². The Bertz CT molecular complexity index is 978. The van der Waals surface area contributed by atoms with E-state index in [4.69, 9.17) is 4.74 Å². The summed E-state index contributed by atoms with van der Waals surface area (Å²) in [5.74, 6) is 0.646.